The number of fused-ring (bicyclic) bond motifs is 3. The molecule has 2 N–H and O–H groups in total. The van der Waals surface area contributed by atoms with Crippen molar-refractivity contribution < 1.29 is 24.5 Å². The number of carbonyl (C=O) groups is 2. The fraction of sp³-hybridized carbons (Fsp3) is 0.182. The van der Waals surface area contributed by atoms with Gasteiger partial charge in [0, 0.05) is 18.1 Å². The monoisotopic (exact) mass is 364 g/mol. The third-order valence-corrected chi connectivity index (χ3v) is 4.60. The minimum atomic E-state index is -1.28. The highest BCUT2D eigenvalue weighted by molar-refractivity contribution is 5.94. The summed E-state index contributed by atoms with van der Waals surface area (Å²) in [6.45, 7) is 2.04. The third-order valence-electron chi connectivity index (χ3n) is 4.60. The summed E-state index contributed by atoms with van der Waals surface area (Å²) >= 11 is 0. The van der Waals surface area contributed by atoms with Crippen LogP contribution in [0.5, 0.6) is 0 Å². The number of carboxylic acids is 2. The Kier molecular flexibility index (Phi) is 5.41. The summed E-state index contributed by atoms with van der Waals surface area (Å²) in [6.07, 6.45) is 3.20. The van der Waals surface area contributed by atoms with Crippen molar-refractivity contribution in [1.29, 1.82) is 0 Å². The Balaban J connectivity index is 1.71. The van der Waals surface area contributed by atoms with Crippen molar-refractivity contribution in [3.05, 3.63) is 77.1 Å². The Bertz CT molecular complexity index is 953. The number of allylic oxidation sites excluding steroid dienone is 1. The van der Waals surface area contributed by atoms with Gasteiger partial charge in [0.2, 0.25) is 0 Å². The quantitative estimate of drug-likeness (QED) is 0.374. The van der Waals surface area contributed by atoms with Crippen LogP contribution >= 0.6 is 0 Å². The lowest BCUT2D eigenvalue weighted by Gasteiger charge is -2.10. The summed E-state index contributed by atoms with van der Waals surface area (Å²) in [5, 5.41) is 17.7. The average molecular weight is 364 g/mol. The molecule has 3 rings (SSSR count). The summed E-state index contributed by atoms with van der Waals surface area (Å²) in [4.78, 5) is 21.7. The van der Waals surface area contributed by atoms with Gasteiger partial charge >= 0.3 is 11.9 Å². The fourth-order valence-corrected chi connectivity index (χ4v) is 3.33. The number of benzene rings is 2. The predicted octanol–water partition coefficient (Wildman–Crippen LogP) is 4.12. The Hall–Kier alpha value is -3.34. The molecule has 0 aliphatic heterocycles. The summed E-state index contributed by atoms with van der Waals surface area (Å²) in [5.41, 5.74) is 6.90. The van der Waals surface area contributed by atoms with E-state index in [1.807, 2.05) is 31.2 Å². The molecule has 0 amide bonds. The van der Waals surface area contributed by atoms with E-state index in [4.69, 9.17) is 14.9 Å². The summed E-state index contributed by atoms with van der Waals surface area (Å²) in [6, 6.07) is 14.5. The number of carboxylic acid groups (broad SMARTS) is 2. The molecule has 5 heteroatoms. The molecule has 0 saturated carbocycles. The first-order chi connectivity index (χ1) is 13.0. The summed E-state index contributed by atoms with van der Waals surface area (Å²) < 4.78 is 5.49. The van der Waals surface area contributed by atoms with Crippen LogP contribution < -0.4 is 0 Å². The van der Waals surface area contributed by atoms with Crippen LogP contribution in [0.25, 0.3) is 16.7 Å². The SMILES string of the molecule is CC(=COCC/C(=C/C(=O)O)C(=O)O)c1cccc2c1Cc1ccccc1-2. The maximum atomic E-state index is 11.0. The molecule has 0 bridgehead atoms. The first-order valence-electron chi connectivity index (χ1n) is 8.63. The van der Waals surface area contributed by atoms with E-state index in [9.17, 15) is 9.59 Å². The molecule has 0 saturated heterocycles. The molecule has 2 aromatic carbocycles. The smallest absolute Gasteiger partial charge is 0.331 e. The summed E-state index contributed by atoms with van der Waals surface area (Å²) in [7, 11) is 0. The minimum absolute atomic E-state index is 0.0176. The number of rotatable bonds is 7. The largest absolute Gasteiger partial charge is 0.501 e. The van der Waals surface area contributed by atoms with Crippen molar-refractivity contribution in [2.24, 2.45) is 0 Å². The van der Waals surface area contributed by atoms with Crippen LogP contribution in [-0.4, -0.2) is 28.8 Å². The second-order valence-electron chi connectivity index (χ2n) is 6.40. The lowest BCUT2D eigenvalue weighted by Crippen LogP contribution is -2.06. The second kappa shape index (κ2) is 7.91. The molecule has 2 aromatic rings. The third kappa shape index (κ3) is 4.08. The molecule has 1 aliphatic rings. The van der Waals surface area contributed by atoms with Gasteiger partial charge in [-0.1, -0.05) is 42.5 Å². The van der Waals surface area contributed by atoms with E-state index in [0.717, 1.165) is 17.6 Å². The normalized spacial score (nSPS) is 13.1. The van der Waals surface area contributed by atoms with Crippen molar-refractivity contribution in [3.63, 3.8) is 0 Å². The van der Waals surface area contributed by atoms with E-state index in [2.05, 4.69) is 18.2 Å². The first kappa shape index (κ1) is 18.5. The first-order valence-corrected chi connectivity index (χ1v) is 8.63. The zero-order valence-corrected chi connectivity index (χ0v) is 14.9. The van der Waals surface area contributed by atoms with Gasteiger partial charge < -0.3 is 14.9 Å². The lowest BCUT2D eigenvalue weighted by molar-refractivity contribution is -0.135. The van der Waals surface area contributed by atoms with E-state index < -0.39 is 11.9 Å². The van der Waals surface area contributed by atoms with Gasteiger partial charge in [0.05, 0.1) is 12.9 Å². The molecule has 138 valence electrons. The molecule has 0 radical (unpaired) electrons. The van der Waals surface area contributed by atoms with E-state index in [1.165, 1.54) is 22.3 Å². The van der Waals surface area contributed by atoms with Crippen LogP contribution in [0.15, 0.2) is 60.4 Å². The highest BCUT2D eigenvalue weighted by Gasteiger charge is 2.20. The predicted molar refractivity (Wildman–Crippen MR) is 102 cm³/mol. The van der Waals surface area contributed by atoms with Crippen LogP contribution in [0, 0.1) is 0 Å². The molecule has 0 atom stereocenters. The van der Waals surface area contributed by atoms with Crippen LogP contribution in [0.1, 0.15) is 30.0 Å². The van der Waals surface area contributed by atoms with Gasteiger partial charge in [-0.25, -0.2) is 9.59 Å². The van der Waals surface area contributed by atoms with Crippen LogP contribution in [-0.2, 0) is 20.7 Å². The molecule has 1 aliphatic carbocycles. The van der Waals surface area contributed by atoms with E-state index in [-0.39, 0.29) is 18.6 Å². The Morgan fingerprint density at radius 2 is 1.81 bits per heavy atom. The minimum Gasteiger partial charge on any atom is -0.501 e. The highest BCUT2D eigenvalue weighted by Crippen LogP contribution is 2.39. The van der Waals surface area contributed by atoms with E-state index >= 15 is 0 Å². The van der Waals surface area contributed by atoms with E-state index in [0.29, 0.717) is 6.08 Å². The molecule has 27 heavy (non-hydrogen) atoms. The molecule has 0 fully saturated rings. The van der Waals surface area contributed by atoms with Crippen molar-refractivity contribution in [3.8, 4) is 11.1 Å². The van der Waals surface area contributed by atoms with Crippen molar-refractivity contribution in [2.75, 3.05) is 6.61 Å². The van der Waals surface area contributed by atoms with Gasteiger partial charge in [0.25, 0.3) is 0 Å². The Morgan fingerprint density at radius 1 is 1.07 bits per heavy atom. The number of aliphatic carboxylic acids is 2. The molecular weight excluding hydrogens is 344 g/mol. The molecule has 0 aromatic heterocycles. The standard InChI is InChI=1S/C22H20O5/c1-14(13-27-10-9-16(22(25)26)12-21(23)24)17-7-4-8-19-18-6-3-2-5-15(18)11-20(17)19/h2-8,12-13H,9-11H2,1H3,(H,23,24)(H,25,26)/b14-13?,16-12-. The second-order valence-corrected chi connectivity index (χ2v) is 6.40. The Labute approximate surface area is 157 Å². The molecule has 0 heterocycles. The zero-order valence-electron chi connectivity index (χ0n) is 14.9. The van der Waals surface area contributed by atoms with Gasteiger partial charge in [-0.2, -0.15) is 0 Å². The number of ether oxygens (including phenoxy) is 1. The van der Waals surface area contributed by atoms with Gasteiger partial charge in [0.15, 0.2) is 0 Å². The molecule has 0 spiro atoms. The van der Waals surface area contributed by atoms with E-state index in [1.54, 1.807) is 6.26 Å². The van der Waals surface area contributed by atoms with Gasteiger partial charge in [0.1, 0.15) is 0 Å². The van der Waals surface area contributed by atoms with Crippen LogP contribution in [0.4, 0.5) is 0 Å². The van der Waals surface area contributed by atoms with Crippen molar-refractivity contribution in [1.82, 2.24) is 0 Å². The maximum Gasteiger partial charge on any atom is 0.331 e. The number of hydrogen-bond donors (Lipinski definition) is 2. The molecule has 0 unspecified atom stereocenters. The number of hydrogen-bond acceptors (Lipinski definition) is 3. The molecule has 5 nitrogen and oxygen atoms in total. The zero-order chi connectivity index (χ0) is 19.4. The maximum absolute atomic E-state index is 11.0. The van der Waals surface area contributed by atoms with Gasteiger partial charge in [-0.15, -0.1) is 0 Å². The average Bonchev–Trinajstić information content (AvgIpc) is 3.02. The van der Waals surface area contributed by atoms with Crippen LogP contribution in [0.2, 0.25) is 0 Å². The summed E-state index contributed by atoms with van der Waals surface area (Å²) in [5.74, 6) is -2.53. The fourth-order valence-electron chi connectivity index (χ4n) is 3.33. The topological polar surface area (TPSA) is 83.8 Å². The molecular formula is C22H20O5. The Morgan fingerprint density at radius 3 is 2.56 bits per heavy atom. The van der Waals surface area contributed by atoms with Gasteiger partial charge in [-0.3, -0.25) is 0 Å². The lowest BCUT2D eigenvalue weighted by atomic mass is 9.97. The van der Waals surface area contributed by atoms with Gasteiger partial charge in [-0.05, 0) is 46.7 Å². The van der Waals surface area contributed by atoms with Crippen molar-refractivity contribution in [2.45, 2.75) is 19.8 Å². The van der Waals surface area contributed by atoms with Crippen molar-refractivity contribution >= 4 is 17.5 Å². The highest BCUT2D eigenvalue weighted by atomic mass is 16.5. The van der Waals surface area contributed by atoms with Crippen LogP contribution in [0.3, 0.4) is 0 Å².